The average Bonchev–Trinajstić information content (AvgIpc) is 3.49. The molecule has 0 bridgehead atoms. The number of hydrogen-bond acceptors (Lipinski definition) is 1. The molecule has 10 aromatic rings. The molecular weight excluding hydrogens is 544 g/mol. The van der Waals surface area contributed by atoms with Gasteiger partial charge in [-0.1, -0.05) is 133 Å². The van der Waals surface area contributed by atoms with Crippen LogP contribution in [0.3, 0.4) is 0 Å². The summed E-state index contributed by atoms with van der Waals surface area (Å²) >= 11 is 0. The maximum absolute atomic E-state index is 6.40. The molecule has 0 aliphatic heterocycles. The summed E-state index contributed by atoms with van der Waals surface area (Å²) in [5.41, 5.74) is 6.62. The summed E-state index contributed by atoms with van der Waals surface area (Å²) in [7, 11) is 0. The molecule has 45 heavy (non-hydrogen) atoms. The van der Waals surface area contributed by atoms with Crippen LogP contribution < -0.4 is 0 Å². The molecule has 0 aliphatic rings. The van der Waals surface area contributed by atoms with E-state index in [-0.39, 0.29) is 0 Å². The Labute approximate surface area is 259 Å². The van der Waals surface area contributed by atoms with E-state index in [1.807, 2.05) is 12.1 Å². The van der Waals surface area contributed by atoms with Gasteiger partial charge in [0.15, 0.2) is 0 Å². The number of fused-ring (bicyclic) bond motifs is 11. The van der Waals surface area contributed by atoms with E-state index in [2.05, 4.69) is 146 Å². The van der Waals surface area contributed by atoms with Gasteiger partial charge in [-0.15, -0.1) is 0 Å². The van der Waals surface area contributed by atoms with Crippen LogP contribution in [0, 0.1) is 0 Å². The van der Waals surface area contributed by atoms with E-state index >= 15 is 0 Å². The second-order valence-corrected chi connectivity index (χ2v) is 12.1. The van der Waals surface area contributed by atoms with E-state index in [9.17, 15) is 0 Å². The molecule has 1 aromatic heterocycles. The van der Waals surface area contributed by atoms with Crippen LogP contribution in [0.2, 0.25) is 0 Å². The largest absolute Gasteiger partial charge is 0.455 e. The zero-order valence-corrected chi connectivity index (χ0v) is 24.4. The molecule has 0 saturated heterocycles. The lowest BCUT2D eigenvalue weighted by atomic mass is 9.92. The van der Waals surface area contributed by atoms with Crippen LogP contribution in [0.4, 0.5) is 0 Å². The summed E-state index contributed by atoms with van der Waals surface area (Å²) in [6.45, 7) is 0. The average molecular weight is 571 g/mol. The summed E-state index contributed by atoms with van der Waals surface area (Å²) in [5.74, 6) is 0. The van der Waals surface area contributed by atoms with Crippen molar-refractivity contribution in [3.8, 4) is 22.3 Å². The van der Waals surface area contributed by atoms with E-state index in [1.165, 1.54) is 65.0 Å². The number of benzene rings is 9. The van der Waals surface area contributed by atoms with Crippen molar-refractivity contribution in [2.45, 2.75) is 0 Å². The smallest absolute Gasteiger partial charge is 0.143 e. The maximum Gasteiger partial charge on any atom is 0.143 e. The third kappa shape index (κ3) is 3.68. The Balaban J connectivity index is 1.15. The lowest BCUT2D eigenvalue weighted by Crippen LogP contribution is -1.85. The van der Waals surface area contributed by atoms with E-state index in [0.29, 0.717) is 0 Å². The minimum Gasteiger partial charge on any atom is -0.455 e. The first kappa shape index (κ1) is 24.5. The Kier molecular flexibility index (Phi) is 5.06. The normalized spacial score (nSPS) is 12.0. The van der Waals surface area contributed by atoms with Crippen LogP contribution in [0.15, 0.2) is 162 Å². The number of hydrogen-bond donors (Lipinski definition) is 0. The predicted molar refractivity (Wildman–Crippen MR) is 192 cm³/mol. The first-order valence-electron chi connectivity index (χ1n) is 15.5. The fourth-order valence-corrected chi connectivity index (χ4v) is 7.38. The molecule has 0 amide bonds. The zero-order chi connectivity index (χ0) is 29.5. The van der Waals surface area contributed by atoms with Crippen LogP contribution in [-0.4, -0.2) is 0 Å². The Hall–Kier alpha value is -5.92. The monoisotopic (exact) mass is 570 g/mol. The van der Waals surface area contributed by atoms with Crippen molar-refractivity contribution in [2.24, 2.45) is 0 Å². The van der Waals surface area contributed by atoms with Crippen LogP contribution >= 0.6 is 0 Å². The second kappa shape index (κ2) is 9.29. The predicted octanol–water partition coefficient (Wildman–Crippen LogP) is 12.7. The molecule has 0 radical (unpaired) electrons. The van der Waals surface area contributed by atoms with Gasteiger partial charge in [0.25, 0.3) is 0 Å². The minimum absolute atomic E-state index is 0.924. The van der Waals surface area contributed by atoms with Crippen LogP contribution in [0.1, 0.15) is 0 Å². The highest BCUT2D eigenvalue weighted by Crippen LogP contribution is 2.39. The molecule has 0 atom stereocenters. The molecular formula is C44H26O. The van der Waals surface area contributed by atoms with Gasteiger partial charge in [0.2, 0.25) is 0 Å². The van der Waals surface area contributed by atoms with Gasteiger partial charge in [0.1, 0.15) is 11.2 Å². The summed E-state index contributed by atoms with van der Waals surface area (Å²) in [6, 6.07) is 57.5. The molecule has 9 aromatic carbocycles. The van der Waals surface area contributed by atoms with Crippen molar-refractivity contribution in [1.82, 2.24) is 0 Å². The number of rotatable bonds is 2. The van der Waals surface area contributed by atoms with Crippen LogP contribution in [-0.2, 0) is 0 Å². The lowest BCUT2D eigenvalue weighted by Gasteiger charge is -2.12. The molecule has 0 spiro atoms. The SMILES string of the molecule is c1ccc2c(c1)ccc1cc(-c3ccc4ccc5c6cc(-c7cccc8c7oc7ccccc78)ccc6ccc5c4c3)ccc12. The summed E-state index contributed by atoms with van der Waals surface area (Å²) in [5, 5.41) is 15.0. The van der Waals surface area contributed by atoms with Crippen molar-refractivity contribution in [3.05, 3.63) is 158 Å². The van der Waals surface area contributed by atoms with E-state index < -0.39 is 0 Å². The Bertz CT molecular complexity index is 2820. The van der Waals surface area contributed by atoms with Gasteiger partial charge in [0.05, 0.1) is 0 Å². The molecule has 0 fully saturated rings. The van der Waals surface area contributed by atoms with Crippen molar-refractivity contribution < 1.29 is 4.42 Å². The summed E-state index contributed by atoms with van der Waals surface area (Å²) in [4.78, 5) is 0. The molecule has 1 nitrogen and oxygen atoms in total. The van der Waals surface area contributed by atoms with Gasteiger partial charge in [-0.3, -0.25) is 0 Å². The first-order valence-corrected chi connectivity index (χ1v) is 15.5. The van der Waals surface area contributed by atoms with Gasteiger partial charge >= 0.3 is 0 Å². The second-order valence-electron chi connectivity index (χ2n) is 12.1. The third-order valence-electron chi connectivity index (χ3n) is 9.63. The standard InChI is InChI=1S/C44H26O/c1-2-7-34-27(6-1)13-16-32-24-30(20-21-35(32)34)31-15-12-28-18-23-38-37(41(28)25-31)22-19-29-14-17-33(26-42(29)38)36-9-5-10-40-39-8-3-4-11-43(39)45-44(36)40/h1-26H. The highest BCUT2D eigenvalue weighted by molar-refractivity contribution is 6.19. The van der Waals surface area contributed by atoms with E-state index in [1.54, 1.807) is 0 Å². The Morgan fingerprint density at radius 1 is 0.289 bits per heavy atom. The molecule has 0 aliphatic carbocycles. The van der Waals surface area contributed by atoms with Crippen LogP contribution in [0.5, 0.6) is 0 Å². The lowest BCUT2D eigenvalue weighted by molar-refractivity contribution is 0.670. The molecule has 208 valence electrons. The zero-order valence-electron chi connectivity index (χ0n) is 24.4. The summed E-state index contributed by atoms with van der Waals surface area (Å²) < 4.78 is 6.40. The fraction of sp³-hybridized carbons (Fsp3) is 0. The van der Waals surface area contributed by atoms with Crippen LogP contribution in [0.25, 0.3) is 98.1 Å². The number of para-hydroxylation sites is 2. The minimum atomic E-state index is 0.924. The van der Waals surface area contributed by atoms with Gasteiger partial charge in [-0.25, -0.2) is 0 Å². The first-order chi connectivity index (χ1) is 22.3. The van der Waals surface area contributed by atoms with Crippen molar-refractivity contribution in [2.75, 3.05) is 0 Å². The number of furan rings is 1. The van der Waals surface area contributed by atoms with Gasteiger partial charge in [-0.05, 0) is 94.8 Å². The third-order valence-corrected chi connectivity index (χ3v) is 9.63. The molecule has 10 rings (SSSR count). The van der Waals surface area contributed by atoms with E-state index in [4.69, 9.17) is 4.42 Å². The van der Waals surface area contributed by atoms with Gasteiger partial charge in [-0.2, -0.15) is 0 Å². The Morgan fingerprint density at radius 3 is 1.67 bits per heavy atom. The van der Waals surface area contributed by atoms with Crippen molar-refractivity contribution in [3.63, 3.8) is 0 Å². The molecule has 0 saturated carbocycles. The van der Waals surface area contributed by atoms with E-state index in [0.717, 1.165) is 33.1 Å². The molecule has 0 N–H and O–H groups in total. The van der Waals surface area contributed by atoms with Gasteiger partial charge < -0.3 is 4.42 Å². The molecule has 1 heterocycles. The van der Waals surface area contributed by atoms with Crippen molar-refractivity contribution >= 4 is 75.8 Å². The fourth-order valence-electron chi connectivity index (χ4n) is 7.38. The van der Waals surface area contributed by atoms with Gasteiger partial charge in [0, 0.05) is 16.3 Å². The Morgan fingerprint density at radius 2 is 0.822 bits per heavy atom. The highest BCUT2D eigenvalue weighted by Gasteiger charge is 2.14. The highest BCUT2D eigenvalue weighted by atomic mass is 16.3. The molecule has 1 heteroatoms. The quantitative estimate of drug-likeness (QED) is 0.188. The topological polar surface area (TPSA) is 13.1 Å². The van der Waals surface area contributed by atoms with Crippen molar-refractivity contribution in [1.29, 1.82) is 0 Å². The molecule has 0 unspecified atom stereocenters. The summed E-state index contributed by atoms with van der Waals surface area (Å²) in [6.07, 6.45) is 0. The maximum atomic E-state index is 6.40.